The van der Waals surface area contributed by atoms with Crippen LogP contribution in [-0.2, 0) is 10.2 Å². The van der Waals surface area contributed by atoms with Crippen LogP contribution in [0.15, 0.2) is 79.4 Å². The number of carbonyl (C=O) groups excluding carboxylic acids is 1. The summed E-state index contributed by atoms with van der Waals surface area (Å²) in [5.41, 5.74) is 7.28. The Bertz CT molecular complexity index is 819. The molecule has 0 saturated heterocycles. The van der Waals surface area contributed by atoms with Gasteiger partial charge in [-0.25, -0.2) is 4.98 Å². The highest BCUT2D eigenvalue weighted by Crippen LogP contribution is 2.49. The van der Waals surface area contributed by atoms with E-state index in [9.17, 15) is 4.79 Å². The minimum atomic E-state index is -0.808. The lowest BCUT2D eigenvalue weighted by atomic mass is 9.64. The van der Waals surface area contributed by atoms with Crippen molar-refractivity contribution in [3.05, 3.63) is 90.5 Å². The molecule has 1 saturated carbocycles. The van der Waals surface area contributed by atoms with Gasteiger partial charge in [-0.05, 0) is 36.3 Å². The van der Waals surface area contributed by atoms with Crippen LogP contribution < -0.4 is 5.73 Å². The molecule has 26 heavy (non-hydrogen) atoms. The summed E-state index contributed by atoms with van der Waals surface area (Å²) in [6.45, 7) is 0. The van der Waals surface area contributed by atoms with Crippen molar-refractivity contribution in [1.82, 2.24) is 9.55 Å². The molecule has 0 aliphatic heterocycles. The largest absolute Gasteiger partial charge is 0.369 e. The molecule has 3 aromatic rings. The third kappa shape index (κ3) is 2.62. The van der Waals surface area contributed by atoms with Crippen LogP contribution in [0.25, 0.3) is 0 Å². The molecule has 1 aromatic heterocycles. The fourth-order valence-electron chi connectivity index (χ4n) is 4.63. The summed E-state index contributed by atoms with van der Waals surface area (Å²) in [6, 6.07) is 20.4. The highest BCUT2D eigenvalue weighted by molar-refractivity contribution is 5.91. The van der Waals surface area contributed by atoms with E-state index in [0.717, 1.165) is 30.4 Å². The molecule has 0 radical (unpaired) electrons. The van der Waals surface area contributed by atoms with Crippen LogP contribution in [0.5, 0.6) is 0 Å². The lowest BCUT2D eigenvalue weighted by Crippen LogP contribution is -2.47. The predicted molar refractivity (Wildman–Crippen MR) is 101 cm³/mol. The summed E-state index contributed by atoms with van der Waals surface area (Å²) in [6.07, 6.45) is 8.56. The second kappa shape index (κ2) is 6.79. The van der Waals surface area contributed by atoms with Crippen molar-refractivity contribution in [3.63, 3.8) is 0 Å². The van der Waals surface area contributed by atoms with E-state index in [-0.39, 0.29) is 11.8 Å². The number of amides is 1. The van der Waals surface area contributed by atoms with E-state index in [1.807, 2.05) is 79.4 Å². The normalized spacial score (nSPS) is 20.2. The predicted octanol–water partition coefficient (Wildman–Crippen LogP) is 3.70. The minimum absolute atomic E-state index is 0.150. The lowest BCUT2D eigenvalue weighted by molar-refractivity contribution is -0.123. The van der Waals surface area contributed by atoms with Crippen molar-refractivity contribution < 1.29 is 4.79 Å². The molecule has 1 aliphatic rings. The first kappa shape index (κ1) is 16.6. The molecule has 2 N–H and O–H groups in total. The van der Waals surface area contributed by atoms with Gasteiger partial charge in [0, 0.05) is 18.4 Å². The Hall–Kier alpha value is -2.88. The highest BCUT2D eigenvalue weighted by atomic mass is 16.1. The third-order valence-electron chi connectivity index (χ3n) is 5.81. The Morgan fingerprint density at radius 1 is 1.00 bits per heavy atom. The Morgan fingerprint density at radius 3 is 2.12 bits per heavy atom. The first-order valence-corrected chi connectivity index (χ1v) is 9.11. The van der Waals surface area contributed by atoms with E-state index in [1.165, 1.54) is 0 Å². The molecular formula is C22H23N3O. The maximum atomic E-state index is 13.0. The number of hydrogen-bond donors (Lipinski definition) is 1. The maximum Gasteiger partial charge on any atom is 0.232 e. The van der Waals surface area contributed by atoms with Gasteiger partial charge in [0.1, 0.15) is 5.41 Å². The number of hydrogen-bond acceptors (Lipinski definition) is 2. The number of benzene rings is 2. The van der Waals surface area contributed by atoms with Crippen LogP contribution in [0.4, 0.5) is 0 Å². The molecule has 2 atom stereocenters. The summed E-state index contributed by atoms with van der Waals surface area (Å²) in [5, 5.41) is 0. The van der Waals surface area contributed by atoms with E-state index in [0.29, 0.717) is 6.04 Å². The van der Waals surface area contributed by atoms with E-state index >= 15 is 0 Å². The van der Waals surface area contributed by atoms with Gasteiger partial charge in [-0.3, -0.25) is 4.79 Å². The van der Waals surface area contributed by atoms with Crippen molar-refractivity contribution in [2.75, 3.05) is 0 Å². The van der Waals surface area contributed by atoms with Crippen molar-refractivity contribution in [2.24, 2.45) is 11.7 Å². The summed E-state index contributed by atoms with van der Waals surface area (Å²) in [4.78, 5) is 17.2. The SMILES string of the molecule is NC(=O)C(c1ccccc1)(c1ccccc1)[C@@H]1CC[C@@H](n2ccnc2)C1. The molecule has 4 rings (SSSR count). The zero-order valence-corrected chi connectivity index (χ0v) is 14.7. The molecule has 1 amide bonds. The summed E-state index contributed by atoms with van der Waals surface area (Å²) in [5.74, 6) is -0.122. The number of primary amides is 1. The molecule has 1 heterocycles. The van der Waals surface area contributed by atoms with Gasteiger partial charge in [0.15, 0.2) is 0 Å². The number of nitrogens with two attached hydrogens (primary N) is 1. The van der Waals surface area contributed by atoms with Gasteiger partial charge >= 0.3 is 0 Å². The Balaban J connectivity index is 1.82. The van der Waals surface area contributed by atoms with Gasteiger partial charge in [0.05, 0.1) is 6.33 Å². The zero-order chi connectivity index (χ0) is 18.0. The van der Waals surface area contributed by atoms with Crippen LogP contribution in [0, 0.1) is 5.92 Å². The Morgan fingerprint density at radius 2 is 1.62 bits per heavy atom. The summed E-state index contributed by atoms with van der Waals surface area (Å²) >= 11 is 0. The number of aromatic nitrogens is 2. The van der Waals surface area contributed by atoms with Crippen molar-refractivity contribution in [1.29, 1.82) is 0 Å². The van der Waals surface area contributed by atoms with Gasteiger partial charge in [-0.2, -0.15) is 0 Å². The monoisotopic (exact) mass is 345 g/mol. The third-order valence-corrected chi connectivity index (χ3v) is 5.81. The fraction of sp³-hybridized carbons (Fsp3) is 0.273. The minimum Gasteiger partial charge on any atom is -0.369 e. The molecule has 0 spiro atoms. The van der Waals surface area contributed by atoms with E-state index in [1.54, 1.807) is 0 Å². The molecule has 1 aliphatic carbocycles. The number of carbonyl (C=O) groups is 1. The van der Waals surface area contributed by atoms with Crippen LogP contribution in [0.1, 0.15) is 36.4 Å². The van der Waals surface area contributed by atoms with Gasteiger partial charge in [0.25, 0.3) is 0 Å². The van der Waals surface area contributed by atoms with Crippen LogP contribution in [0.2, 0.25) is 0 Å². The highest BCUT2D eigenvalue weighted by Gasteiger charge is 2.49. The first-order valence-electron chi connectivity index (χ1n) is 9.11. The lowest BCUT2D eigenvalue weighted by Gasteiger charge is -2.37. The smallest absolute Gasteiger partial charge is 0.232 e. The molecule has 1 fully saturated rings. The summed E-state index contributed by atoms with van der Waals surface area (Å²) < 4.78 is 2.15. The van der Waals surface area contributed by atoms with Crippen LogP contribution in [0.3, 0.4) is 0 Å². The Labute approximate surface area is 153 Å². The number of imidazole rings is 1. The van der Waals surface area contributed by atoms with Gasteiger partial charge in [-0.1, -0.05) is 60.7 Å². The van der Waals surface area contributed by atoms with Gasteiger partial charge < -0.3 is 10.3 Å². The van der Waals surface area contributed by atoms with E-state index < -0.39 is 5.41 Å². The molecule has 4 heteroatoms. The molecule has 2 aromatic carbocycles. The van der Waals surface area contributed by atoms with Crippen LogP contribution in [-0.4, -0.2) is 15.5 Å². The quantitative estimate of drug-likeness (QED) is 0.766. The standard InChI is InChI=1S/C22H23N3O/c23-21(26)22(17-7-3-1-4-8-17,18-9-5-2-6-10-18)19-11-12-20(15-19)25-14-13-24-16-25/h1-10,13-14,16,19-20H,11-12,15H2,(H2,23,26)/t19-,20-/m1/s1. The van der Waals surface area contributed by atoms with Crippen molar-refractivity contribution in [2.45, 2.75) is 30.7 Å². The average molecular weight is 345 g/mol. The number of rotatable bonds is 5. The molecule has 4 nitrogen and oxygen atoms in total. The molecular weight excluding hydrogens is 322 g/mol. The average Bonchev–Trinajstić information content (AvgIpc) is 3.36. The zero-order valence-electron chi connectivity index (χ0n) is 14.7. The number of nitrogens with zero attached hydrogens (tertiary/aromatic N) is 2. The second-order valence-corrected chi connectivity index (χ2v) is 7.08. The van der Waals surface area contributed by atoms with Crippen LogP contribution >= 0.6 is 0 Å². The van der Waals surface area contributed by atoms with E-state index in [2.05, 4.69) is 9.55 Å². The maximum absolute atomic E-state index is 13.0. The summed E-state index contributed by atoms with van der Waals surface area (Å²) in [7, 11) is 0. The fourth-order valence-corrected chi connectivity index (χ4v) is 4.63. The molecule has 132 valence electrons. The molecule has 0 bridgehead atoms. The first-order chi connectivity index (χ1) is 12.7. The van der Waals surface area contributed by atoms with E-state index in [4.69, 9.17) is 5.73 Å². The van der Waals surface area contributed by atoms with Gasteiger partial charge in [-0.15, -0.1) is 0 Å². The Kier molecular flexibility index (Phi) is 4.33. The second-order valence-electron chi connectivity index (χ2n) is 7.08. The van der Waals surface area contributed by atoms with Crippen molar-refractivity contribution in [3.8, 4) is 0 Å². The van der Waals surface area contributed by atoms with Crippen molar-refractivity contribution >= 4 is 5.91 Å². The van der Waals surface area contributed by atoms with Gasteiger partial charge in [0.2, 0.25) is 5.91 Å². The topological polar surface area (TPSA) is 60.9 Å². The molecule has 0 unspecified atom stereocenters.